The molecule has 1 aliphatic rings. The van der Waals surface area contributed by atoms with E-state index in [9.17, 15) is 9.59 Å². The van der Waals surface area contributed by atoms with E-state index in [-0.39, 0.29) is 17.6 Å². The lowest BCUT2D eigenvalue weighted by atomic mass is 10.1. The normalized spacial score (nSPS) is 15.4. The molecule has 1 aromatic carbocycles. The first-order valence-electron chi connectivity index (χ1n) is 6.99. The summed E-state index contributed by atoms with van der Waals surface area (Å²) < 4.78 is 0. The van der Waals surface area contributed by atoms with E-state index >= 15 is 0 Å². The fourth-order valence-electron chi connectivity index (χ4n) is 2.13. The Labute approximate surface area is 118 Å². The summed E-state index contributed by atoms with van der Waals surface area (Å²) in [6.07, 6.45) is 4.51. The van der Waals surface area contributed by atoms with Crippen LogP contribution < -0.4 is 10.6 Å². The zero-order chi connectivity index (χ0) is 14.5. The summed E-state index contributed by atoms with van der Waals surface area (Å²) in [5, 5.41) is 14.5. The maximum absolute atomic E-state index is 11.9. The zero-order valence-corrected chi connectivity index (χ0v) is 11.6. The van der Waals surface area contributed by atoms with Crippen LogP contribution in [0.15, 0.2) is 24.3 Å². The first-order valence-corrected chi connectivity index (χ1v) is 6.99. The molecule has 0 radical (unpaired) electrons. The van der Waals surface area contributed by atoms with Crippen molar-refractivity contribution in [3.63, 3.8) is 0 Å². The minimum absolute atomic E-state index is 0.205. The molecule has 0 aliphatic heterocycles. The first kappa shape index (κ1) is 14.4. The minimum atomic E-state index is -0.975. The molecule has 2 rings (SSSR count). The van der Waals surface area contributed by atoms with Crippen LogP contribution in [0, 0.1) is 5.92 Å². The SMILES string of the molecule is CCC(CC1CC1)NC(=O)Nc1ccc(C(=O)O)cc1. The van der Waals surface area contributed by atoms with Crippen molar-refractivity contribution in [2.75, 3.05) is 5.32 Å². The Morgan fingerprint density at radius 2 is 1.95 bits per heavy atom. The van der Waals surface area contributed by atoms with Crippen LogP contribution in [0.3, 0.4) is 0 Å². The molecule has 1 unspecified atom stereocenters. The third-order valence-electron chi connectivity index (χ3n) is 3.53. The molecule has 0 spiro atoms. The van der Waals surface area contributed by atoms with Crippen molar-refractivity contribution in [2.45, 2.75) is 38.6 Å². The molecule has 5 heteroatoms. The van der Waals surface area contributed by atoms with Gasteiger partial charge in [-0.1, -0.05) is 19.8 Å². The number of hydrogen-bond donors (Lipinski definition) is 3. The predicted octanol–water partition coefficient (Wildman–Crippen LogP) is 3.09. The molecule has 1 fully saturated rings. The molecule has 0 aromatic heterocycles. The van der Waals surface area contributed by atoms with E-state index in [1.165, 1.54) is 25.0 Å². The summed E-state index contributed by atoms with van der Waals surface area (Å²) in [6.45, 7) is 2.06. The third kappa shape index (κ3) is 4.26. The van der Waals surface area contributed by atoms with Gasteiger partial charge in [0.05, 0.1) is 5.56 Å². The molecule has 1 atom stereocenters. The van der Waals surface area contributed by atoms with E-state index in [1.807, 2.05) is 0 Å². The van der Waals surface area contributed by atoms with Gasteiger partial charge in [-0.2, -0.15) is 0 Å². The third-order valence-corrected chi connectivity index (χ3v) is 3.53. The van der Waals surface area contributed by atoms with Crippen LogP contribution in [-0.2, 0) is 0 Å². The van der Waals surface area contributed by atoms with Gasteiger partial charge >= 0.3 is 12.0 Å². The Kier molecular flexibility index (Phi) is 4.61. The number of carboxylic acid groups (broad SMARTS) is 1. The number of urea groups is 1. The highest BCUT2D eigenvalue weighted by Gasteiger charge is 2.25. The maximum Gasteiger partial charge on any atom is 0.335 e. The van der Waals surface area contributed by atoms with E-state index in [0.29, 0.717) is 5.69 Å². The summed E-state index contributed by atoms with van der Waals surface area (Å²) in [5.41, 5.74) is 0.796. The second kappa shape index (κ2) is 6.41. The molecule has 0 bridgehead atoms. The molecule has 20 heavy (non-hydrogen) atoms. The number of benzene rings is 1. The highest BCUT2D eigenvalue weighted by atomic mass is 16.4. The highest BCUT2D eigenvalue weighted by Crippen LogP contribution is 2.34. The second-order valence-electron chi connectivity index (χ2n) is 5.27. The second-order valence-corrected chi connectivity index (χ2v) is 5.27. The number of hydrogen-bond acceptors (Lipinski definition) is 2. The lowest BCUT2D eigenvalue weighted by molar-refractivity contribution is 0.0697. The summed E-state index contributed by atoms with van der Waals surface area (Å²) in [6, 6.07) is 6.09. The van der Waals surface area contributed by atoms with Crippen molar-refractivity contribution >= 4 is 17.7 Å². The number of anilines is 1. The maximum atomic E-state index is 11.9. The minimum Gasteiger partial charge on any atom is -0.478 e. The number of nitrogens with one attached hydrogen (secondary N) is 2. The summed E-state index contributed by atoms with van der Waals surface area (Å²) >= 11 is 0. The van der Waals surface area contributed by atoms with E-state index in [1.54, 1.807) is 12.1 Å². The van der Waals surface area contributed by atoms with Crippen LogP contribution in [0.2, 0.25) is 0 Å². The van der Waals surface area contributed by atoms with E-state index in [4.69, 9.17) is 5.11 Å². The quantitative estimate of drug-likeness (QED) is 0.747. The van der Waals surface area contributed by atoms with Crippen molar-refractivity contribution in [3.05, 3.63) is 29.8 Å². The van der Waals surface area contributed by atoms with Crippen molar-refractivity contribution in [3.8, 4) is 0 Å². The summed E-state index contributed by atoms with van der Waals surface area (Å²) in [5.74, 6) is -0.202. The molecule has 2 amide bonds. The highest BCUT2D eigenvalue weighted by molar-refractivity contribution is 5.91. The van der Waals surface area contributed by atoms with Crippen LogP contribution >= 0.6 is 0 Å². The number of aromatic carboxylic acids is 1. The van der Waals surface area contributed by atoms with Gasteiger partial charge in [0.15, 0.2) is 0 Å². The predicted molar refractivity (Wildman–Crippen MR) is 77.0 cm³/mol. The average Bonchev–Trinajstić information content (AvgIpc) is 3.22. The van der Waals surface area contributed by atoms with Crippen LogP contribution in [0.4, 0.5) is 10.5 Å². The van der Waals surface area contributed by atoms with Gasteiger partial charge in [0.2, 0.25) is 0 Å². The molecule has 108 valence electrons. The standard InChI is InChI=1S/C15H20N2O3/c1-2-12(9-10-3-4-10)16-15(20)17-13-7-5-11(6-8-13)14(18)19/h5-8,10,12H,2-4,9H2,1H3,(H,18,19)(H2,16,17,20). The molecule has 1 saturated carbocycles. The van der Waals surface area contributed by atoms with E-state index in [2.05, 4.69) is 17.6 Å². The Bertz CT molecular complexity index is 480. The number of amides is 2. The van der Waals surface area contributed by atoms with Crippen LogP contribution in [0.25, 0.3) is 0 Å². The number of carboxylic acids is 1. The molecule has 3 N–H and O–H groups in total. The molecule has 1 aliphatic carbocycles. The van der Waals surface area contributed by atoms with Crippen LogP contribution in [0.5, 0.6) is 0 Å². The summed E-state index contributed by atoms with van der Waals surface area (Å²) in [7, 11) is 0. The van der Waals surface area contributed by atoms with E-state index in [0.717, 1.165) is 18.8 Å². The molecule has 5 nitrogen and oxygen atoms in total. The number of rotatable bonds is 6. The van der Waals surface area contributed by atoms with Gasteiger partial charge in [-0.05, 0) is 43.0 Å². The Balaban J connectivity index is 1.84. The van der Waals surface area contributed by atoms with Crippen molar-refractivity contribution in [1.82, 2.24) is 5.32 Å². The lowest BCUT2D eigenvalue weighted by Crippen LogP contribution is -2.37. The average molecular weight is 276 g/mol. The first-order chi connectivity index (χ1) is 9.58. The Morgan fingerprint density at radius 3 is 2.45 bits per heavy atom. The van der Waals surface area contributed by atoms with Crippen molar-refractivity contribution in [2.24, 2.45) is 5.92 Å². The van der Waals surface area contributed by atoms with Gasteiger partial charge < -0.3 is 15.7 Å². The number of carbonyl (C=O) groups excluding carboxylic acids is 1. The van der Waals surface area contributed by atoms with Crippen molar-refractivity contribution in [1.29, 1.82) is 0 Å². The van der Waals surface area contributed by atoms with Gasteiger partial charge in [0.25, 0.3) is 0 Å². The fourth-order valence-corrected chi connectivity index (χ4v) is 2.13. The smallest absolute Gasteiger partial charge is 0.335 e. The van der Waals surface area contributed by atoms with Gasteiger partial charge in [-0.25, -0.2) is 9.59 Å². The molecular weight excluding hydrogens is 256 g/mol. The molecule has 1 aromatic rings. The Morgan fingerprint density at radius 1 is 1.30 bits per heavy atom. The monoisotopic (exact) mass is 276 g/mol. The van der Waals surface area contributed by atoms with Gasteiger partial charge in [-0.15, -0.1) is 0 Å². The topological polar surface area (TPSA) is 78.4 Å². The van der Waals surface area contributed by atoms with E-state index < -0.39 is 5.97 Å². The lowest BCUT2D eigenvalue weighted by Gasteiger charge is -2.17. The summed E-state index contributed by atoms with van der Waals surface area (Å²) in [4.78, 5) is 22.6. The largest absolute Gasteiger partial charge is 0.478 e. The van der Waals surface area contributed by atoms with Crippen LogP contribution in [-0.4, -0.2) is 23.1 Å². The van der Waals surface area contributed by atoms with Crippen LogP contribution in [0.1, 0.15) is 43.0 Å². The fraction of sp³-hybridized carbons (Fsp3) is 0.467. The zero-order valence-electron chi connectivity index (χ0n) is 11.6. The molecule has 0 saturated heterocycles. The van der Waals surface area contributed by atoms with Crippen molar-refractivity contribution < 1.29 is 14.7 Å². The Hall–Kier alpha value is -2.04. The van der Waals surface area contributed by atoms with Gasteiger partial charge in [-0.3, -0.25) is 0 Å². The molecule has 0 heterocycles. The van der Waals surface area contributed by atoms with Gasteiger partial charge in [0, 0.05) is 11.7 Å². The van der Waals surface area contributed by atoms with Gasteiger partial charge in [0.1, 0.15) is 0 Å². The molecular formula is C15H20N2O3. The number of carbonyl (C=O) groups is 2.